The third-order valence-electron chi connectivity index (χ3n) is 13.9. The third kappa shape index (κ3) is 60.8. The smallest absolute Gasteiger partial charge is 0.456 e. The van der Waals surface area contributed by atoms with Crippen molar-refractivity contribution in [3.8, 4) is 0 Å². The van der Waals surface area contributed by atoms with Crippen LogP contribution in [0.1, 0.15) is 265 Å². The molecule has 3 atom stereocenters. The number of phosphoric ester groups is 1. The molecule has 0 aliphatic rings. The van der Waals surface area contributed by atoms with Crippen molar-refractivity contribution in [2.45, 2.75) is 277 Å². The summed E-state index contributed by atoms with van der Waals surface area (Å²) >= 11 is 0. The zero-order valence-corrected chi connectivity index (χ0v) is 53.9. The second kappa shape index (κ2) is 59.6. The highest BCUT2D eigenvalue weighted by Gasteiger charge is 2.30. The molecule has 9 nitrogen and oxygen atoms in total. The van der Waals surface area contributed by atoms with Crippen molar-refractivity contribution in [3.05, 3.63) is 122 Å². The van der Waals surface area contributed by atoms with Gasteiger partial charge in [0, 0.05) is 12.8 Å². The number of nitrogens with one attached hydrogen (secondary N) is 1. The van der Waals surface area contributed by atoms with E-state index in [2.05, 4.69) is 135 Å². The number of nitrogens with zero attached hydrogens (tertiary/aromatic N) is 1. The van der Waals surface area contributed by atoms with Crippen LogP contribution in [-0.2, 0) is 27.9 Å². The summed E-state index contributed by atoms with van der Waals surface area (Å²) in [4.78, 5) is 37.8. The number of hydrogen-bond donors (Lipinski definition) is 2. The number of phosphoric acid groups is 1. The molecule has 0 aliphatic carbocycles. The first-order valence-corrected chi connectivity index (χ1v) is 34.4. The van der Waals surface area contributed by atoms with E-state index in [1.807, 2.05) is 33.3 Å². The van der Waals surface area contributed by atoms with Gasteiger partial charge in [-0.3, -0.25) is 18.6 Å². The first-order chi connectivity index (χ1) is 39.4. The molecule has 1 amide bonds. The van der Waals surface area contributed by atoms with Gasteiger partial charge in [-0.05, 0) is 122 Å². The highest BCUT2D eigenvalue weighted by Crippen LogP contribution is 2.43. The van der Waals surface area contributed by atoms with Gasteiger partial charge >= 0.3 is 13.8 Å². The number of likely N-dealkylation sites (N-methyl/N-ethyl adjacent to an activating group) is 1. The zero-order chi connectivity index (χ0) is 59.3. The van der Waals surface area contributed by atoms with Crippen molar-refractivity contribution in [2.75, 3.05) is 40.9 Å². The van der Waals surface area contributed by atoms with E-state index < -0.39 is 20.0 Å². The van der Waals surface area contributed by atoms with E-state index in [4.69, 9.17) is 13.8 Å². The first kappa shape index (κ1) is 77.4. The van der Waals surface area contributed by atoms with Crippen molar-refractivity contribution in [3.63, 3.8) is 0 Å². The average Bonchev–Trinajstić information content (AvgIpc) is 3.44. The van der Waals surface area contributed by atoms with Crippen LogP contribution >= 0.6 is 7.82 Å². The Morgan fingerprint density at radius 3 is 1.21 bits per heavy atom. The maximum atomic E-state index is 13.6. The predicted molar refractivity (Wildman–Crippen MR) is 350 cm³/mol. The van der Waals surface area contributed by atoms with Gasteiger partial charge in [0.25, 0.3) is 0 Å². The minimum Gasteiger partial charge on any atom is -0.456 e. The minimum absolute atomic E-state index is 0.0278. The fraction of sp³-hybridized carbons (Fsp3) is 0.690. The molecule has 10 heteroatoms. The van der Waals surface area contributed by atoms with Crippen molar-refractivity contribution >= 4 is 19.7 Å². The Hall–Kier alpha value is -3.59. The molecule has 0 aliphatic heterocycles. The lowest BCUT2D eigenvalue weighted by Gasteiger charge is -2.27. The minimum atomic E-state index is -4.47. The summed E-state index contributed by atoms with van der Waals surface area (Å²) in [5, 5.41) is 3.04. The van der Waals surface area contributed by atoms with Crippen LogP contribution in [0, 0.1) is 0 Å². The van der Waals surface area contributed by atoms with Crippen LogP contribution in [0.25, 0.3) is 0 Å². The van der Waals surface area contributed by atoms with Crippen LogP contribution in [0.3, 0.4) is 0 Å². The molecule has 81 heavy (non-hydrogen) atoms. The van der Waals surface area contributed by atoms with Crippen LogP contribution in [0.5, 0.6) is 0 Å². The second-order valence-corrected chi connectivity index (χ2v) is 24.4. The van der Waals surface area contributed by atoms with E-state index >= 15 is 0 Å². The number of carbonyl (C=O) groups excluding carboxylic acids is 2. The normalized spacial score (nSPS) is 14.4. The van der Waals surface area contributed by atoms with E-state index in [-0.39, 0.29) is 31.5 Å². The third-order valence-corrected chi connectivity index (χ3v) is 14.9. The van der Waals surface area contributed by atoms with Crippen LogP contribution in [-0.4, -0.2) is 74.3 Å². The van der Waals surface area contributed by atoms with Gasteiger partial charge < -0.3 is 19.4 Å². The maximum Gasteiger partial charge on any atom is 0.472 e. The highest BCUT2D eigenvalue weighted by atomic mass is 31.2. The summed E-state index contributed by atoms with van der Waals surface area (Å²) < 4.78 is 30.7. The van der Waals surface area contributed by atoms with Crippen LogP contribution in [0.15, 0.2) is 122 Å². The number of allylic oxidation sites excluding steroid dienone is 19. The lowest BCUT2D eigenvalue weighted by molar-refractivity contribution is -0.870. The largest absolute Gasteiger partial charge is 0.472 e. The Bertz CT molecular complexity index is 1800. The molecule has 0 radical (unpaired) electrons. The van der Waals surface area contributed by atoms with E-state index in [1.54, 1.807) is 0 Å². The summed E-state index contributed by atoms with van der Waals surface area (Å²) in [5.74, 6) is -0.545. The molecule has 2 N–H and O–H groups in total. The van der Waals surface area contributed by atoms with Crippen LogP contribution < -0.4 is 5.32 Å². The zero-order valence-electron chi connectivity index (χ0n) is 53.0. The van der Waals surface area contributed by atoms with Gasteiger partial charge in [0.1, 0.15) is 19.3 Å². The average molecular weight is 1150 g/mol. The number of hydrogen-bond acceptors (Lipinski definition) is 6. The van der Waals surface area contributed by atoms with Crippen LogP contribution in [0.4, 0.5) is 0 Å². The van der Waals surface area contributed by atoms with E-state index in [9.17, 15) is 19.0 Å². The molecule has 0 saturated heterocycles. The summed E-state index contributed by atoms with van der Waals surface area (Å²) in [5.41, 5.74) is 0. The number of carbonyl (C=O) groups is 2. The molecule has 0 rings (SSSR count). The van der Waals surface area contributed by atoms with Gasteiger partial charge in [-0.25, -0.2) is 4.57 Å². The van der Waals surface area contributed by atoms with Crippen LogP contribution in [0.2, 0.25) is 0 Å². The van der Waals surface area contributed by atoms with Gasteiger partial charge in [-0.1, -0.05) is 252 Å². The summed E-state index contributed by atoms with van der Waals surface area (Å²) in [6.45, 7) is 6.83. The van der Waals surface area contributed by atoms with E-state index in [0.717, 1.165) is 141 Å². The predicted octanol–water partition coefficient (Wildman–Crippen LogP) is 20.7. The first-order valence-electron chi connectivity index (χ1n) is 32.9. The summed E-state index contributed by atoms with van der Waals surface area (Å²) in [6, 6.07) is -0.872. The fourth-order valence-corrected chi connectivity index (χ4v) is 9.57. The van der Waals surface area contributed by atoms with Crippen molar-refractivity contribution < 1.29 is 37.3 Å². The highest BCUT2D eigenvalue weighted by molar-refractivity contribution is 7.47. The quantitative estimate of drug-likeness (QED) is 0.0205. The van der Waals surface area contributed by atoms with Crippen molar-refractivity contribution in [1.82, 2.24) is 5.32 Å². The maximum absolute atomic E-state index is 13.6. The Balaban J connectivity index is 5.22. The second-order valence-electron chi connectivity index (χ2n) is 22.9. The lowest BCUT2D eigenvalue weighted by atomic mass is 10.1. The molecule has 0 saturated carbocycles. The summed E-state index contributed by atoms with van der Waals surface area (Å²) in [7, 11) is 1.46. The number of esters is 1. The molecule has 0 heterocycles. The number of ether oxygens (including phenoxy) is 1. The molecular formula is C71H124N2O7P+. The van der Waals surface area contributed by atoms with Crippen molar-refractivity contribution in [1.29, 1.82) is 0 Å². The van der Waals surface area contributed by atoms with E-state index in [1.165, 1.54) is 89.9 Å². The molecule has 0 fully saturated rings. The molecule has 0 aromatic carbocycles. The number of quaternary nitrogens is 1. The van der Waals surface area contributed by atoms with Gasteiger partial charge in [0.05, 0.1) is 33.8 Å². The Morgan fingerprint density at radius 2 is 0.790 bits per heavy atom. The molecule has 0 aromatic rings. The number of rotatable bonds is 58. The molecular weight excluding hydrogens is 1020 g/mol. The van der Waals surface area contributed by atoms with Gasteiger partial charge in [0.15, 0.2) is 0 Å². The standard InChI is InChI=1S/C71H123N2O7P/c1-7-10-13-16-19-22-25-27-29-31-33-35-36-38-40-42-44-46-49-52-55-58-61-64-71(75)80-69(62-59-56-53-50-47-24-21-18-15-12-9-3)68(67-79-81(76,77)78-66-65-73(4,5)6)72-70(74)63-60-57-54-51-48-45-43-41-39-37-34-32-30-28-26-23-20-17-14-11-8-2/h10,13,19-20,22-23,27-30,33-35,37-38,40-41,43,59,62,68-69H,7-9,11-12,14-18,21,24-26,31-32,36,39,42,44-58,60-61,63-67H2,1-6H3,(H-,72,74,76,77)/p+1/b13-10-,22-19-,23-20-,29-27-,30-28-,35-33-,37-34-,40-38-,43-41-,62-59+. The molecule has 3 unspecified atom stereocenters. The topological polar surface area (TPSA) is 111 Å². The van der Waals surface area contributed by atoms with Gasteiger partial charge in [0.2, 0.25) is 5.91 Å². The SMILES string of the molecule is CC/C=C\C/C=C\C/C=C\C/C=C\C/C=C\CCCCCCCCCC(=O)OC(/C=C/CCCCCCCCCCC)C(COP(=O)(O)OCC[N+](C)(C)C)NC(=O)CCCCCCC/C=C\C/C=C\C/C=C\C/C=C\CCCCC. The monoisotopic (exact) mass is 1150 g/mol. The number of amides is 1. The fourth-order valence-electron chi connectivity index (χ4n) is 8.83. The molecule has 0 spiro atoms. The van der Waals surface area contributed by atoms with Crippen molar-refractivity contribution in [2.24, 2.45) is 0 Å². The summed E-state index contributed by atoms with van der Waals surface area (Å²) in [6.07, 6.45) is 83.4. The molecule has 0 aromatic heterocycles. The van der Waals surface area contributed by atoms with E-state index in [0.29, 0.717) is 17.4 Å². The Morgan fingerprint density at radius 1 is 0.444 bits per heavy atom. The Kier molecular flexibility index (Phi) is 56.9. The Labute approximate surface area is 499 Å². The van der Waals surface area contributed by atoms with Gasteiger partial charge in [-0.2, -0.15) is 0 Å². The lowest BCUT2D eigenvalue weighted by Crippen LogP contribution is -2.47. The molecule has 0 bridgehead atoms. The van der Waals surface area contributed by atoms with Gasteiger partial charge in [-0.15, -0.1) is 0 Å². The number of unbranched alkanes of at least 4 members (excludes halogenated alkanes) is 24. The molecule has 464 valence electrons.